The summed E-state index contributed by atoms with van der Waals surface area (Å²) in [6.45, 7) is 4.97. The standard InChI is InChI=1S/C18H26O/c1-18(2)10-4-5-15-11-13-6-8-16(19-3)12-14(13)7-9-17(15)18/h6,8,12,15,17H,4-5,7,9-11H2,1-3H3/t15-,17+/m0/s1. The van der Waals surface area contributed by atoms with Crippen LogP contribution in [0.2, 0.25) is 0 Å². The summed E-state index contributed by atoms with van der Waals surface area (Å²) < 4.78 is 5.38. The van der Waals surface area contributed by atoms with Crippen molar-refractivity contribution in [3.8, 4) is 5.75 Å². The second-order valence-electron chi connectivity index (χ2n) is 7.12. The van der Waals surface area contributed by atoms with E-state index in [0.29, 0.717) is 5.41 Å². The van der Waals surface area contributed by atoms with Crippen LogP contribution >= 0.6 is 0 Å². The van der Waals surface area contributed by atoms with Crippen molar-refractivity contribution >= 4 is 0 Å². The number of benzene rings is 1. The summed E-state index contributed by atoms with van der Waals surface area (Å²) in [4.78, 5) is 0. The van der Waals surface area contributed by atoms with E-state index in [-0.39, 0.29) is 0 Å². The van der Waals surface area contributed by atoms with Gasteiger partial charge in [0.1, 0.15) is 5.75 Å². The molecule has 1 aromatic rings. The maximum absolute atomic E-state index is 5.38. The average Bonchev–Trinajstić information content (AvgIpc) is 2.57. The van der Waals surface area contributed by atoms with E-state index in [0.717, 1.165) is 17.6 Å². The lowest BCUT2D eigenvalue weighted by Gasteiger charge is -2.43. The highest BCUT2D eigenvalue weighted by atomic mass is 16.5. The molecule has 0 N–H and O–H groups in total. The summed E-state index contributed by atoms with van der Waals surface area (Å²) in [6.07, 6.45) is 8.13. The van der Waals surface area contributed by atoms with Gasteiger partial charge in [0.25, 0.3) is 0 Å². The molecule has 0 aliphatic heterocycles. The van der Waals surface area contributed by atoms with Crippen molar-refractivity contribution in [3.05, 3.63) is 29.3 Å². The zero-order chi connectivity index (χ0) is 13.5. The minimum absolute atomic E-state index is 0.537. The largest absolute Gasteiger partial charge is 0.497 e. The van der Waals surface area contributed by atoms with Crippen molar-refractivity contribution in [1.82, 2.24) is 0 Å². The molecular weight excluding hydrogens is 232 g/mol. The van der Waals surface area contributed by atoms with Gasteiger partial charge in [0.15, 0.2) is 0 Å². The van der Waals surface area contributed by atoms with Gasteiger partial charge in [-0.25, -0.2) is 0 Å². The van der Waals surface area contributed by atoms with Gasteiger partial charge >= 0.3 is 0 Å². The van der Waals surface area contributed by atoms with Crippen molar-refractivity contribution in [3.63, 3.8) is 0 Å². The molecule has 2 aliphatic rings. The fraction of sp³-hybridized carbons (Fsp3) is 0.667. The maximum atomic E-state index is 5.38. The molecule has 0 amide bonds. The van der Waals surface area contributed by atoms with Crippen LogP contribution in [-0.2, 0) is 12.8 Å². The lowest BCUT2D eigenvalue weighted by atomic mass is 9.62. The first kappa shape index (κ1) is 13.0. The maximum Gasteiger partial charge on any atom is 0.119 e. The van der Waals surface area contributed by atoms with Crippen LogP contribution in [0, 0.1) is 17.3 Å². The molecule has 2 atom stereocenters. The minimum Gasteiger partial charge on any atom is -0.497 e. The van der Waals surface area contributed by atoms with Gasteiger partial charge in [-0.15, -0.1) is 0 Å². The fourth-order valence-electron chi connectivity index (χ4n) is 4.47. The van der Waals surface area contributed by atoms with Crippen LogP contribution in [0.5, 0.6) is 5.75 Å². The highest BCUT2D eigenvalue weighted by Crippen LogP contribution is 2.49. The van der Waals surface area contributed by atoms with Crippen molar-refractivity contribution in [1.29, 1.82) is 0 Å². The molecule has 0 spiro atoms. The summed E-state index contributed by atoms with van der Waals surface area (Å²) in [5.74, 6) is 2.82. The number of hydrogen-bond acceptors (Lipinski definition) is 1. The summed E-state index contributed by atoms with van der Waals surface area (Å²) in [7, 11) is 1.77. The van der Waals surface area contributed by atoms with Gasteiger partial charge in [0.2, 0.25) is 0 Å². The Hall–Kier alpha value is -0.980. The summed E-state index contributed by atoms with van der Waals surface area (Å²) in [5, 5.41) is 0. The molecule has 104 valence electrons. The topological polar surface area (TPSA) is 9.23 Å². The molecule has 1 nitrogen and oxygen atoms in total. The quantitative estimate of drug-likeness (QED) is 0.714. The summed E-state index contributed by atoms with van der Waals surface area (Å²) in [5.41, 5.74) is 3.64. The molecule has 0 saturated heterocycles. The Morgan fingerprint density at radius 3 is 2.79 bits per heavy atom. The Morgan fingerprint density at radius 1 is 1.16 bits per heavy atom. The molecule has 0 aromatic heterocycles. The third kappa shape index (κ3) is 2.40. The Bertz CT molecular complexity index is 461. The van der Waals surface area contributed by atoms with Crippen LogP contribution in [0.3, 0.4) is 0 Å². The van der Waals surface area contributed by atoms with Gasteiger partial charge in [0, 0.05) is 0 Å². The first-order chi connectivity index (χ1) is 9.10. The van der Waals surface area contributed by atoms with Crippen molar-refractivity contribution in [2.24, 2.45) is 17.3 Å². The first-order valence-corrected chi connectivity index (χ1v) is 7.76. The number of rotatable bonds is 1. The normalized spacial score (nSPS) is 29.0. The molecule has 1 aromatic carbocycles. The molecule has 19 heavy (non-hydrogen) atoms. The van der Waals surface area contributed by atoms with Crippen LogP contribution < -0.4 is 4.74 Å². The van der Waals surface area contributed by atoms with Crippen LogP contribution in [0.15, 0.2) is 18.2 Å². The Kier molecular flexibility index (Phi) is 3.32. The van der Waals surface area contributed by atoms with E-state index in [1.807, 2.05) is 0 Å². The fourth-order valence-corrected chi connectivity index (χ4v) is 4.47. The lowest BCUT2D eigenvalue weighted by molar-refractivity contribution is 0.0705. The van der Waals surface area contributed by atoms with Crippen molar-refractivity contribution in [2.45, 2.75) is 52.4 Å². The Labute approximate surface area is 117 Å². The van der Waals surface area contributed by atoms with E-state index in [9.17, 15) is 0 Å². The van der Waals surface area contributed by atoms with Gasteiger partial charge in [-0.2, -0.15) is 0 Å². The van der Waals surface area contributed by atoms with E-state index < -0.39 is 0 Å². The second-order valence-corrected chi connectivity index (χ2v) is 7.12. The molecule has 1 heteroatoms. The monoisotopic (exact) mass is 258 g/mol. The van der Waals surface area contributed by atoms with Gasteiger partial charge in [-0.1, -0.05) is 26.3 Å². The lowest BCUT2D eigenvalue weighted by Crippen LogP contribution is -2.35. The van der Waals surface area contributed by atoms with E-state index in [1.165, 1.54) is 44.1 Å². The van der Waals surface area contributed by atoms with Crippen molar-refractivity contribution < 1.29 is 4.74 Å². The molecular formula is C18H26O. The summed E-state index contributed by atoms with van der Waals surface area (Å²) in [6, 6.07) is 6.70. The molecule has 1 fully saturated rings. The van der Waals surface area contributed by atoms with Crippen LogP contribution in [0.1, 0.15) is 50.7 Å². The Morgan fingerprint density at radius 2 is 2.00 bits per heavy atom. The van der Waals surface area contributed by atoms with Crippen LogP contribution in [0.4, 0.5) is 0 Å². The van der Waals surface area contributed by atoms with Gasteiger partial charge in [-0.3, -0.25) is 0 Å². The zero-order valence-corrected chi connectivity index (χ0v) is 12.5. The minimum atomic E-state index is 0.537. The van der Waals surface area contributed by atoms with E-state index in [1.54, 1.807) is 12.7 Å². The van der Waals surface area contributed by atoms with Crippen LogP contribution in [-0.4, -0.2) is 7.11 Å². The molecule has 1 saturated carbocycles. The number of hydrogen-bond donors (Lipinski definition) is 0. The van der Waals surface area contributed by atoms with E-state index in [4.69, 9.17) is 4.74 Å². The first-order valence-electron chi connectivity index (χ1n) is 7.76. The SMILES string of the molecule is COc1ccc2c(c1)CC[C@@H]1[C@@H](CCCC1(C)C)C2. The summed E-state index contributed by atoms with van der Waals surface area (Å²) >= 11 is 0. The highest BCUT2D eigenvalue weighted by Gasteiger charge is 2.39. The third-order valence-corrected chi connectivity index (χ3v) is 5.59. The van der Waals surface area contributed by atoms with E-state index in [2.05, 4.69) is 32.0 Å². The number of aryl methyl sites for hydroxylation is 1. The predicted molar refractivity (Wildman–Crippen MR) is 79.6 cm³/mol. The van der Waals surface area contributed by atoms with Gasteiger partial charge in [0.05, 0.1) is 7.11 Å². The predicted octanol–water partition coefficient (Wildman–Crippen LogP) is 4.63. The third-order valence-electron chi connectivity index (χ3n) is 5.59. The van der Waals surface area contributed by atoms with Crippen molar-refractivity contribution in [2.75, 3.05) is 7.11 Å². The molecule has 0 unspecified atom stereocenters. The van der Waals surface area contributed by atoms with Gasteiger partial charge in [-0.05, 0) is 72.6 Å². The Balaban J connectivity index is 1.90. The molecule has 0 bridgehead atoms. The second kappa shape index (κ2) is 4.85. The molecule has 0 heterocycles. The number of fused-ring (bicyclic) bond motifs is 2. The smallest absolute Gasteiger partial charge is 0.119 e. The van der Waals surface area contributed by atoms with Crippen LogP contribution in [0.25, 0.3) is 0 Å². The molecule has 3 rings (SSSR count). The van der Waals surface area contributed by atoms with E-state index >= 15 is 0 Å². The number of ether oxygens (including phenoxy) is 1. The molecule has 2 aliphatic carbocycles. The average molecular weight is 258 g/mol. The number of methoxy groups -OCH3 is 1. The molecule has 0 radical (unpaired) electrons. The zero-order valence-electron chi connectivity index (χ0n) is 12.5. The highest BCUT2D eigenvalue weighted by molar-refractivity contribution is 5.37. The van der Waals surface area contributed by atoms with Gasteiger partial charge < -0.3 is 4.74 Å².